The van der Waals surface area contributed by atoms with Gasteiger partial charge in [-0.3, -0.25) is 13.9 Å². The summed E-state index contributed by atoms with van der Waals surface area (Å²) in [7, 11) is -0.596. The average Bonchev–Trinajstić information content (AvgIpc) is 2.78. The summed E-state index contributed by atoms with van der Waals surface area (Å²) >= 11 is 3.42. The number of anilines is 1. The Balaban J connectivity index is 2.18. The van der Waals surface area contributed by atoms with Crippen molar-refractivity contribution in [1.29, 1.82) is 0 Å². The van der Waals surface area contributed by atoms with Crippen LogP contribution in [0.5, 0.6) is 5.75 Å². The van der Waals surface area contributed by atoms with Gasteiger partial charge >= 0.3 is 0 Å². The Labute approximate surface area is 204 Å². The van der Waals surface area contributed by atoms with Crippen LogP contribution in [0.15, 0.2) is 53.0 Å². The van der Waals surface area contributed by atoms with Crippen LogP contribution in [-0.2, 0) is 26.2 Å². The van der Waals surface area contributed by atoms with Gasteiger partial charge in [0.15, 0.2) is 0 Å². The number of carbonyl (C=O) groups excluding carboxylic acids is 2. The normalized spacial score (nSPS) is 12.0. The summed E-state index contributed by atoms with van der Waals surface area (Å²) in [5, 5.41) is 2.58. The minimum Gasteiger partial charge on any atom is -0.495 e. The summed E-state index contributed by atoms with van der Waals surface area (Å²) in [6.45, 7) is 2.03. The van der Waals surface area contributed by atoms with Gasteiger partial charge in [0, 0.05) is 31.0 Å². The molecule has 0 saturated carbocycles. The first-order valence-corrected chi connectivity index (χ1v) is 13.1. The van der Waals surface area contributed by atoms with E-state index in [0.29, 0.717) is 11.4 Å². The van der Waals surface area contributed by atoms with E-state index in [2.05, 4.69) is 21.2 Å². The maximum atomic E-state index is 13.1. The number of nitrogens with zero attached hydrogens (tertiary/aromatic N) is 2. The monoisotopic (exact) mass is 539 g/mol. The van der Waals surface area contributed by atoms with Crippen LogP contribution in [0.2, 0.25) is 0 Å². The average molecular weight is 540 g/mol. The number of hydrogen-bond donors (Lipinski definition) is 1. The molecule has 33 heavy (non-hydrogen) atoms. The fraction of sp³-hybridized carbons (Fsp3) is 0.391. The molecule has 1 unspecified atom stereocenters. The van der Waals surface area contributed by atoms with Gasteiger partial charge in [-0.05, 0) is 43.2 Å². The summed E-state index contributed by atoms with van der Waals surface area (Å²) in [6, 6.07) is 13.7. The van der Waals surface area contributed by atoms with Gasteiger partial charge in [-0.15, -0.1) is 0 Å². The number of amides is 2. The Hall–Kier alpha value is -2.59. The molecule has 0 aromatic heterocycles. The SMILES string of the molecule is CNC(=O)C(C)N(Cc1cccc(Br)c1)C(=O)CCCN(c1ccccc1OC)S(C)(=O)=O. The van der Waals surface area contributed by atoms with Crippen molar-refractivity contribution in [2.75, 3.05) is 31.3 Å². The van der Waals surface area contributed by atoms with Crippen LogP contribution >= 0.6 is 15.9 Å². The maximum absolute atomic E-state index is 13.1. The van der Waals surface area contributed by atoms with Gasteiger partial charge in [0.25, 0.3) is 0 Å². The van der Waals surface area contributed by atoms with E-state index in [1.807, 2.05) is 24.3 Å². The summed E-state index contributed by atoms with van der Waals surface area (Å²) < 4.78 is 32.3. The second kappa shape index (κ2) is 12.0. The molecule has 0 fully saturated rings. The number of sulfonamides is 1. The van der Waals surface area contributed by atoms with Crippen molar-refractivity contribution in [2.45, 2.75) is 32.4 Å². The molecule has 8 nitrogen and oxygen atoms in total. The predicted molar refractivity (Wildman–Crippen MR) is 133 cm³/mol. The molecule has 0 aliphatic carbocycles. The molecule has 0 bridgehead atoms. The topological polar surface area (TPSA) is 96.0 Å². The van der Waals surface area contributed by atoms with E-state index in [9.17, 15) is 18.0 Å². The molecule has 1 N–H and O–H groups in total. The number of hydrogen-bond acceptors (Lipinski definition) is 5. The number of nitrogens with one attached hydrogen (secondary N) is 1. The molecule has 10 heteroatoms. The molecule has 2 rings (SSSR count). The number of methoxy groups -OCH3 is 1. The Morgan fingerprint density at radius 2 is 1.85 bits per heavy atom. The van der Waals surface area contributed by atoms with Crippen LogP contribution in [0.3, 0.4) is 0 Å². The zero-order valence-electron chi connectivity index (χ0n) is 19.2. The standard InChI is InChI=1S/C23H30BrN3O5S/c1-17(23(29)25-2)26(16-18-9-7-10-19(24)15-18)22(28)13-8-14-27(33(4,30)31)20-11-5-6-12-21(20)32-3/h5-7,9-12,15,17H,8,13-14,16H2,1-4H3,(H,25,29). The van der Waals surface area contributed by atoms with Crippen LogP contribution in [0.4, 0.5) is 5.69 Å². The highest BCUT2D eigenvalue weighted by molar-refractivity contribution is 9.10. The first kappa shape index (κ1) is 26.7. The van der Waals surface area contributed by atoms with Crippen molar-refractivity contribution >= 4 is 43.5 Å². The lowest BCUT2D eigenvalue weighted by molar-refractivity contribution is -0.140. The lowest BCUT2D eigenvalue weighted by Gasteiger charge is -2.29. The molecule has 2 aromatic rings. The van der Waals surface area contributed by atoms with Crippen LogP contribution in [0, 0.1) is 0 Å². The Bertz CT molecular complexity index is 1080. The summed E-state index contributed by atoms with van der Waals surface area (Å²) in [5.74, 6) is -0.0801. The van der Waals surface area contributed by atoms with E-state index in [4.69, 9.17) is 4.74 Å². The molecule has 0 spiro atoms. The van der Waals surface area contributed by atoms with Crippen molar-refractivity contribution in [2.24, 2.45) is 0 Å². The number of likely N-dealkylation sites (N-methyl/N-ethyl adjacent to an activating group) is 1. The van der Waals surface area contributed by atoms with E-state index in [0.717, 1.165) is 16.3 Å². The smallest absolute Gasteiger partial charge is 0.242 e. The minimum absolute atomic E-state index is 0.0799. The Morgan fingerprint density at radius 1 is 1.15 bits per heavy atom. The Kier molecular flexibility index (Phi) is 9.72. The van der Waals surface area contributed by atoms with Crippen LogP contribution in [0.1, 0.15) is 25.3 Å². The van der Waals surface area contributed by atoms with Crippen molar-refractivity contribution in [3.63, 3.8) is 0 Å². The third kappa shape index (κ3) is 7.46. The second-order valence-corrected chi connectivity index (χ2v) is 10.4. The molecule has 0 saturated heterocycles. The largest absolute Gasteiger partial charge is 0.495 e. The maximum Gasteiger partial charge on any atom is 0.242 e. The predicted octanol–water partition coefficient (Wildman–Crippen LogP) is 3.17. The van der Waals surface area contributed by atoms with E-state index in [1.165, 1.54) is 23.4 Å². The molecule has 2 amide bonds. The van der Waals surface area contributed by atoms with Gasteiger partial charge in [0.1, 0.15) is 11.8 Å². The molecule has 1 atom stereocenters. The molecule has 0 aliphatic heterocycles. The summed E-state index contributed by atoms with van der Waals surface area (Å²) in [4.78, 5) is 26.9. The summed E-state index contributed by atoms with van der Waals surface area (Å²) in [6.07, 6.45) is 1.48. The first-order valence-electron chi connectivity index (χ1n) is 10.4. The highest BCUT2D eigenvalue weighted by Crippen LogP contribution is 2.29. The van der Waals surface area contributed by atoms with Gasteiger partial charge < -0.3 is 15.0 Å². The molecule has 0 aliphatic rings. The third-order valence-corrected chi connectivity index (χ3v) is 6.83. The molecule has 2 aromatic carbocycles. The molecular weight excluding hydrogens is 510 g/mol. The summed E-state index contributed by atoms with van der Waals surface area (Å²) in [5.41, 5.74) is 1.29. The fourth-order valence-corrected chi connectivity index (χ4v) is 4.86. The molecule has 180 valence electrons. The number of benzene rings is 2. The lowest BCUT2D eigenvalue weighted by atomic mass is 10.1. The van der Waals surface area contributed by atoms with Crippen molar-refractivity contribution in [3.8, 4) is 5.75 Å². The van der Waals surface area contributed by atoms with Crippen LogP contribution in [0.25, 0.3) is 0 Å². The van der Waals surface area contributed by atoms with Gasteiger partial charge in [-0.25, -0.2) is 8.42 Å². The van der Waals surface area contributed by atoms with Crippen LogP contribution < -0.4 is 14.4 Å². The number of carbonyl (C=O) groups is 2. The fourth-order valence-electron chi connectivity index (χ4n) is 3.44. The highest BCUT2D eigenvalue weighted by Gasteiger charge is 2.26. The Morgan fingerprint density at radius 3 is 2.45 bits per heavy atom. The first-order chi connectivity index (χ1) is 15.6. The minimum atomic E-state index is -3.60. The third-order valence-electron chi connectivity index (χ3n) is 5.16. The van der Waals surface area contributed by atoms with Crippen LogP contribution in [-0.4, -0.2) is 58.1 Å². The molecular formula is C23H30BrN3O5S. The highest BCUT2D eigenvalue weighted by atomic mass is 79.9. The number of halogens is 1. The van der Waals surface area contributed by atoms with Gasteiger partial charge in [-0.1, -0.05) is 40.2 Å². The zero-order valence-corrected chi connectivity index (χ0v) is 21.6. The van der Waals surface area contributed by atoms with Crippen molar-refractivity contribution in [1.82, 2.24) is 10.2 Å². The number of para-hydroxylation sites is 2. The van der Waals surface area contributed by atoms with Crippen molar-refractivity contribution in [3.05, 3.63) is 58.6 Å². The van der Waals surface area contributed by atoms with E-state index >= 15 is 0 Å². The molecule has 0 radical (unpaired) electrons. The van der Waals surface area contributed by atoms with Gasteiger partial charge in [0.05, 0.1) is 19.1 Å². The second-order valence-electron chi connectivity index (χ2n) is 7.55. The van der Waals surface area contributed by atoms with Gasteiger partial charge in [0.2, 0.25) is 21.8 Å². The van der Waals surface area contributed by atoms with E-state index < -0.39 is 16.1 Å². The zero-order chi connectivity index (χ0) is 24.6. The van der Waals surface area contributed by atoms with E-state index in [1.54, 1.807) is 31.2 Å². The molecule has 0 heterocycles. The van der Waals surface area contributed by atoms with Gasteiger partial charge in [-0.2, -0.15) is 0 Å². The lowest BCUT2D eigenvalue weighted by Crippen LogP contribution is -2.46. The van der Waals surface area contributed by atoms with Crippen molar-refractivity contribution < 1.29 is 22.7 Å². The number of rotatable bonds is 11. The quantitative estimate of drug-likeness (QED) is 0.473. The van der Waals surface area contributed by atoms with E-state index in [-0.39, 0.29) is 37.7 Å². The number of ether oxygens (including phenoxy) is 1.